The molecule has 3 nitrogen and oxygen atoms in total. The van der Waals surface area contributed by atoms with E-state index in [-0.39, 0.29) is 12.2 Å². The van der Waals surface area contributed by atoms with E-state index in [1.54, 1.807) is 0 Å². The minimum atomic E-state index is -3.38. The van der Waals surface area contributed by atoms with Crippen LogP contribution in [0.2, 0.25) is 0 Å². The molecule has 0 heterocycles. The van der Waals surface area contributed by atoms with Gasteiger partial charge in [0.15, 0.2) is 15.6 Å². The molecular weight excluding hydrogens is 260 g/mol. The lowest BCUT2D eigenvalue weighted by Crippen LogP contribution is -2.40. The van der Waals surface area contributed by atoms with Gasteiger partial charge in [0, 0.05) is 12.7 Å². The average Bonchev–Trinajstić information content (AvgIpc) is 2.74. The molecule has 0 radical (unpaired) electrons. The van der Waals surface area contributed by atoms with Crippen molar-refractivity contribution in [3.63, 3.8) is 0 Å². The molecule has 0 amide bonds. The number of fused-ring (bicyclic) bond motifs is 1. The molecule has 4 heteroatoms. The van der Waals surface area contributed by atoms with Crippen molar-refractivity contribution >= 4 is 15.6 Å². The molecule has 0 saturated heterocycles. The van der Waals surface area contributed by atoms with E-state index in [4.69, 9.17) is 0 Å². The fourth-order valence-corrected chi connectivity index (χ4v) is 2.83. The summed E-state index contributed by atoms with van der Waals surface area (Å²) >= 11 is 0. The number of carbonyl (C=O) groups excluding carboxylic acids is 1. The summed E-state index contributed by atoms with van der Waals surface area (Å²) < 4.78 is 22.0. The van der Waals surface area contributed by atoms with Crippen LogP contribution in [-0.4, -0.2) is 25.2 Å². The van der Waals surface area contributed by atoms with Gasteiger partial charge < -0.3 is 0 Å². The van der Waals surface area contributed by atoms with E-state index in [9.17, 15) is 13.2 Å². The Morgan fingerprint density at radius 1 is 1.21 bits per heavy atom. The summed E-state index contributed by atoms with van der Waals surface area (Å²) in [5, 5.41) is 0. The number of hydrogen-bond donors (Lipinski definition) is 0. The zero-order chi connectivity index (χ0) is 14.3. The first-order chi connectivity index (χ1) is 8.72. The third-order valence-electron chi connectivity index (χ3n) is 4.13. The fourth-order valence-electron chi connectivity index (χ4n) is 2.34. The third-order valence-corrected chi connectivity index (χ3v) is 6.21. The summed E-state index contributed by atoms with van der Waals surface area (Å²) in [5.74, 6) is -0.243. The molecule has 19 heavy (non-hydrogen) atoms. The normalized spacial score (nSPS) is 15.3. The summed E-state index contributed by atoms with van der Waals surface area (Å²) in [6, 6.07) is 6.07. The number of sulfone groups is 1. The second-order valence-electron chi connectivity index (χ2n) is 5.84. The Balaban J connectivity index is 2.20. The summed E-state index contributed by atoms with van der Waals surface area (Å²) in [6.07, 6.45) is 4.65. The van der Waals surface area contributed by atoms with Gasteiger partial charge in [-0.25, -0.2) is 8.42 Å². The maximum Gasteiger partial charge on any atom is 0.159 e. The van der Waals surface area contributed by atoms with E-state index in [2.05, 4.69) is 12.1 Å². The molecular formula is C15H20O3S. The predicted molar refractivity (Wildman–Crippen MR) is 76.1 cm³/mol. The first-order valence-electron chi connectivity index (χ1n) is 6.55. The molecule has 1 aliphatic carbocycles. The van der Waals surface area contributed by atoms with Gasteiger partial charge in [-0.3, -0.25) is 4.79 Å². The van der Waals surface area contributed by atoms with E-state index < -0.39 is 14.6 Å². The number of aryl methyl sites for hydroxylation is 2. The van der Waals surface area contributed by atoms with Crippen LogP contribution in [0.5, 0.6) is 0 Å². The Morgan fingerprint density at radius 3 is 2.47 bits per heavy atom. The first-order valence-corrected chi connectivity index (χ1v) is 8.44. The summed E-state index contributed by atoms with van der Waals surface area (Å²) in [5.41, 5.74) is 3.59. The molecule has 104 valence electrons. The minimum absolute atomic E-state index is 0.188. The van der Waals surface area contributed by atoms with E-state index in [1.165, 1.54) is 31.4 Å². The minimum Gasteiger partial charge on any atom is -0.298 e. The van der Waals surface area contributed by atoms with Crippen LogP contribution in [-0.2, 0) is 33.9 Å². The highest BCUT2D eigenvalue weighted by molar-refractivity contribution is 7.92. The standard InChI is InChI=1S/C15H20O3S/c1-15(2,19(3,17)18)14(16)10-11-7-8-12-5-4-6-13(12)9-11/h7-9H,4-6,10H2,1-3H3. The van der Waals surface area contributed by atoms with Gasteiger partial charge in [-0.1, -0.05) is 18.2 Å². The average molecular weight is 280 g/mol. The van der Waals surface area contributed by atoms with Gasteiger partial charge in [-0.05, 0) is 49.8 Å². The summed E-state index contributed by atoms with van der Waals surface area (Å²) in [4.78, 5) is 12.2. The summed E-state index contributed by atoms with van der Waals surface area (Å²) in [6.45, 7) is 2.97. The second-order valence-corrected chi connectivity index (χ2v) is 8.40. The molecule has 1 aromatic rings. The molecule has 0 aromatic heterocycles. The highest BCUT2D eigenvalue weighted by Gasteiger charge is 2.37. The predicted octanol–water partition coefficient (Wildman–Crippen LogP) is 2.11. The molecule has 0 N–H and O–H groups in total. The number of carbonyl (C=O) groups is 1. The molecule has 2 rings (SSSR count). The number of ketones is 1. The van der Waals surface area contributed by atoms with E-state index in [0.717, 1.165) is 24.7 Å². The lowest BCUT2D eigenvalue weighted by Gasteiger charge is -2.21. The molecule has 1 aromatic carbocycles. The van der Waals surface area contributed by atoms with Crippen molar-refractivity contribution in [3.05, 3.63) is 34.9 Å². The van der Waals surface area contributed by atoms with Gasteiger partial charge in [0.1, 0.15) is 4.75 Å². The lowest BCUT2D eigenvalue weighted by atomic mass is 9.97. The molecule has 0 fully saturated rings. The van der Waals surface area contributed by atoms with Crippen molar-refractivity contribution in [1.82, 2.24) is 0 Å². The molecule has 0 bridgehead atoms. The van der Waals surface area contributed by atoms with Crippen LogP contribution < -0.4 is 0 Å². The van der Waals surface area contributed by atoms with E-state index in [0.29, 0.717) is 0 Å². The Kier molecular flexibility index (Phi) is 3.56. The fraction of sp³-hybridized carbons (Fsp3) is 0.533. The van der Waals surface area contributed by atoms with Crippen LogP contribution in [0.1, 0.15) is 37.0 Å². The highest BCUT2D eigenvalue weighted by atomic mass is 32.2. The first kappa shape index (κ1) is 14.3. The van der Waals surface area contributed by atoms with Crippen LogP contribution >= 0.6 is 0 Å². The van der Waals surface area contributed by atoms with Crippen molar-refractivity contribution in [1.29, 1.82) is 0 Å². The third kappa shape index (κ3) is 2.73. The maximum atomic E-state index is 12.2. The van der Waals surface area contributed by atoms with Crippen LogP contribution in [0, 0.1) is 0 Å². The van der Waals surface area contributed by atoms with Gasteiger partial charge in [0.2, 0.25) is 0 Å². The van der Waals surface area contributed by atoms with Gasteiger partial charge in [-0.2, -0.15) is 0 Å². The molecule has 0 atom stereocenters. The largest absolute Gasteiger partial charge is 0.298 e. The molecule has 0 spiro atoms. The second kappa shape index (κ2) is 4.75. The highest BCUT2D eigenvalue weighted by Crippen LogP contribution is 2.25. The quantitative estimate of drug-likeness (QED) is 0.849. The molecule has 1 aliphatic rings. The SMILES string of the molecule is CC(C)(C(=O)Cc1ccc2c(c1)CCC2)S(C)(=O)=O. The van der Waals surface area contributed by atoms with Crippen molar-refractivity contribution in [2.75, 3.05) is 6.26 Å². The van der Waals surface area contributed by atoms with Gasteiger partial charge in [0.05, 0.1) is 0 Å². The summed E-state index contributed by atoms with van der Waals surface area (Å²) in [7, 11) is -3.38. The smallest absolute Gasteiger partial charge is 0.159 e. The topological polar surface area (TPSA) is 51.2 Å². The Bertz CT molecular complexity index is 612. The maximum absolute atomic E-state index is 12.2. The number of rotatable bonds is 4. The Labute approximate surface area is 114 Å². The van der Waals surface area contributed by atoms with Crippen molar-refractivity contribution in [3.8, 4) is 0 Å². The van der Waals surface area contributed by atoms with Gasteiger partial charge >= 0.3 is 0 Å². The molecule has 0 aliphatic heterocycles. The van der Waals surface area contributed by atoms with Crippen LogP contribution in [0.4, 0.5) is 0 Å². The van der Waals surface area contributed by atoms with Gasteiger partial charge in [-0.15, -0.1) is 0 Å². The van der Waals surface area contributed by atoms with E-state index in [1.807, 2.05) is 6.07 Å². The van der Waals surface area contributed by atoms with Crippen molar-refractivity contribution in [2.24, 2.45) is 0 Å². The monoisotopic (exact) mass is 280 g/mol. The number of Topliss-reactive ketones (excluding diaryl/α,β-unsaturated/α-hetero) is 1. The van der Waals surface area contributed by atoms with Crippen LogP contribution in [0.25, 0.3) is 0 Å². The number of benzene rings is 1. The zero-order valence-corrected chi connectivity index (χ0v) is 12.5. The zero-order valence-electron chi connectivity index (χ0n) is 11.7. The van der Waals surface area contributed by atoms with Crippen molar-refractivity contribution in [2.45, 2.75) is 44.3 Å². The Hall–Kier alpha value is -1.16. The molecule has 0 saturated carbocycles. The van der Waals surface area contributed by atoms with Crippen LogP contribution in [0.3, 0.4) is 0 Å². The van der Waals surface area contributed by atoms with E-state index >= 15 is 0 Å². The number of hydrogen-bond acceptors (Lipinski definition) is 3. The van der Waals surface area contributed by atoms with Gasteiger partial charge in [0.25, 0.3) is 0 Å². The molecule has 0 unspecified atom stereocenters. The van der Waals surface area contributed by atoms with Crippen molar-refractivity contribution < 1.29 is 13.2 Å². The Morgan fingerprint density at radius 2 is 1.84 bits per heavy atom. The lowest BCUT2D eigenvalue weighted by molar-refractivity contribution is -0.120. The van der Waals surface area contributed by atoms with Crippen LogP contribution in [0.15, 0.2) is 18.2 Å².